The van der Waals surface area contributed by atoms with Crippen molar-refractivity contribution in [3.8, 4) is 0 Å². The molecule has 3 atom stereocenters. The molecule has 0 aliphatic carbocycles. The summed E-state index contributed by atoms with van der Waals surface area (Å²) >= 11 is 0. The van der Waals surface area contributed by atoms with Gasteiger partial charge in [0.2, 0.25) is 0 Å². The normalized spacial score (nSPS) is 16.8. The van der Waals surface area contributed by atoms with E-state index in [0.717, 1.165) is 12.8 Å². The SMILES string of the molecule is CCCCCCC(C)OC(CO)C(N)CC(C)C. The zero-order valence-corrected chi connectivity index (χ0v) is 12.7. The molecule has 18 heavy (non-hydrogen) atoms. The van der Waals surface area contributed by atoms with Crippen molar-refractivity contribution >= 4 is 0 Å². The number of rotatable bonds is 11. The molecule has 3 N–H and O–H groups in total. The first-order valence-electron chi connectivity index (χ1n) is 7.53. The van der Waals surface area contributed by atoms with Crippen LogP contribution in [0, 0.1) is 5.92 Å². The average molecular weight is 259 g/mol. The molecule has 0 aliphatic rings. The van der Waals surface area contributed by atoms with Gasteiger partial charge >= 0.3 is 0 Å². The third-order valence-electron chi connectivity index (χ3n) is 3.27. The number of aliphatic hydroxyl groups is 1. The second kappa shape index (κ2) is 10.8. The molecule has 0 amide bonds. The highest BCUT2D eigenvalue weighted by atomic mass is 16.5. The molecule has 0 aromatic heterocycles. The highest BCUT2D eigenvalue weighted by Gasteiger charge is 2.20. The largest absolute Gasteiger partial charge is 0.394 e. The van der Waals surface area contributed by atoms with Gasteiger partial charge in [-0.05, 0) is 25.7 Å². The van der Waals surface area contributed by atoms with Crippen molar-refractivity contribution in [3.63, 3.8) is 0 Å². The van der Waals surface area contributed by atoms with Gasteiger partial charge in [0.15, 0.2) is 0 Å². The van der Waals surface area contributed by atoms with E-state index in [2.05, 4.69) is 27.7 Å². The maximum atomic E-state index is 9.36. The highest BCUT2D eigenvalue weighted by molar-refractivity contribution is 4.75. The van der Waals surface area contributed by atoms with Gasteiger partial charge < -0.3 is 15.6 Å². The topological polar surface area (TPSA) is 55.5 Å². The zero-order valence-electron chi connectivity index (χ0n) is 12.7. The van der Waals surface area contributed by atoms with Gasteiger partial charge in [-0.25, -0.2) is 0 Å². The molecule has 0 aromatic rings. The zero-order chi connectivity index (χ0) is 14.0. The molecule has 0 saturated heterocycles. The minimum absolute atomic E-state index is 0.0210. The molecule has 0 bridgehead atoms. The fraction of sp³-hybridized carbons (Fsp3) is 1.00. The van der Waals surface area contributed by atoms with Crippen LogP contribution in [0.3, 0.4) is 0 Å². The molecule has 0 fully saturated rings. The van der Waals surface area contributed by atoms with E-state index in [0.29, 0.717) is 5.92 Å². The van der Waals surface area contributed by atoms with Gasteiger partial charge in [0.25, 0.3) is 0 Å². The van der Waals surface area contributed by atoms with Crippen LogP contribution in [0.1, 0.15) is 66.2 Å². The van der Waals surface area contributed by atoms with Crippen molar-refractivity contribution in [3.05, 3.63) is 0 Å². The Bertz CT molecular complexity index is 185. The number of ether oxygens (including phenoxy) is 1. The number of nitrogens with two attached hydrogens (primary N) is 1. The van der Waals surface area contributed by atoms with Crippen LogP contribution < -0.4 is 5.73 Å². The van der Waals surface area contributed by atoms with Crippen molar-refractivity contribution < 1.29 is 9.84 Å². The Hall–Kier alpha value is -0.120. The van der Waals surface area contributed by atoms with E-state index >= 15 is 0 Å². The second-order valence-corrected chi connectivity index (χ2v) is 5.81. The summed E-state index contributed by atoms with van der Waals surface area (Å²) in [6, 6.07) is -0.0620. The molecule has 0 rings (SSSR count). The first kappa shape index (κ1) is 17.9. The van der Waals surface area contributed by atoms with Gasteiger partial charge in [0, 0.05) is 6.04 Å². The summed E-state index contributed by atoms with van der Waals surface area (Å²) in [4.78, 5) is 0. The lowest BCUT2D eigenvalue weighted by molar-refractivity contribution is -0.0497. The van der Waals surface area contributed by atoms with E-state index in [1.165, 1.54) is 25.7 Å². The molecule has 110 valence electrons. The predicted molar refractivity (Wildman–Crippen MR) is 77.6 cm³/mol. The number of unbranched alkanes of at least 4 members (excludes halogenated alkanes) is 3. The fourth-order valence-corrected chi connectivity index (χ4v) is 2.20. The molecule has 3 unspecified atom stereocenters. The molecular weight excluding hydrogens is 226 g/mol. The fourth-order valence-electron chi connectivity index (χ4n) is 2.20. The quantitative estimate of drug-likeness (QED) is 0.561. The second-order valence-electron chi connectivity index (χ2n) is 5.81. The van der Waals surface area contributed by atoms with Crippen LogP contribution in [0.5, 0.6) is 0 Å². The molecule has 0 spiro atoms. The molecule has 0 heterocycles. The van der Waals surface area contributed by atoms with E-state index in [1.54, 1.807) is 0 Å². The Labute approximate surface area is 113 Å². The van der Waals surface area contributed by atoms with Crippen LogP contribution in [0.2, 0.25) is 0 Å². The molecule has 3 heteroatoms. The summed E-state index contributed by atoms with van der Waals surface area (Å²) in [5.74, 6) is 0.539. The van der Waals surface area contributed by atoms with E-state index in [9.17, 15) is 5.11 Å². The summed E-state index contributed by atoms with van der Waals surface area (Å²) in [5.41, 5.74) is 6.07. The van der Waals surface area contributed by atoms with Crippen molar-refractivity contribution in [2.24, 2.45) is 11.7 Å². The first-order valence-corrected chi connectivity index (χ1v) is 7.53. The van der Waals surface area contributed by atoms with Crippen molar-refractivity contribution in [2.75, 3.05) is 6.61 Å². The predicted octanol–water partition coefficient (Wildman–Crippen LogP) is 3.10. The van der Waals surface area contributed by atoms with Crippen molar-refractivity contribution in [1.29, 1.82) is 0 Å². The van der Waals surface area contributed by atoms with Crippen LogP contribution in [0.15, 0.2) is 0 Å². The molecular formula is C15H33NO2. The number of aliphatic hydroxyl groups excluding tert-OH is 1. The number of hydrogen-bond donors (Lipinski definition) is 2. The van der Waals surface area contributed by atoms with Crippen molar-refractivity contribution in [1.82, 2.24) is 0 Å². The van der Waals surface area contributed by atoms with Crippen LogP contribution in [-0.2, 0) is 4.74 Å². The third-order valence-corrected chi connectivity index (χ3v) is 3.27. The molecule has 3 nitrogen and oxygen atoms in total. The van der Waals surface area contributed by atoms with Gasteiger partial charge in [-0.1, -0.05) is 46.5 Å². The molecule has 0 aromatic carbocycles. The minimum atomic E-state index is -0.214. The van der Waals surface area contributed by atoms with E-state index in [1.807, 2.05) is 0 Å². The van der Waals surface area contributed by atoms with Gasteiger partial charge in [0.05, 0.1) is 18.8 Å². The Balaban J connectivity index is 3.88. The summed E-state index contributed by atoms with van der Waals surface area (Å²) < 4.78 is 5.87. The summed E-state index contributed by atoms with van der Waals surface area (Å²) in [6.07, 6.45) is 6.96. The Kier molecular flexibility index (Phi) is 10.7. The highest BCUT2D eigenvalue weighted by Crippen LogP contribution is 2.14. The monoisotopic (exact) mass is 259 g/mol. The molecule has 0 radical (unpaired) electrons. The van der Waals surface area contributed by atoms with Gasteiger partial charge in [-0.2, -0.15) is 0 Å². The lowest BCUT2D eigenvalue weighted by Gasteiger charge is -2.27. The maximum absolute atomic E-state index is 9.36. The van der Waals surface area contributed by atoms with Gasteiger partial charge in [0.1, 0.15) is 0 Å². The summed E-state index contributed by atoms with van der Waals surface area (Å²) in [5, 5.41) is 9.36. The maximum Gasteiger partial charge on any atom is 0.0959 e. The third kappa shape index (κ3) is 8.90. The molecule has 0 aliphatic heterocycles. The summed E-state index contributed by atoms with van der Waals surface area (Å²) in [6.45, 7) is 8.60. The van der Waals surface area contributed by atoms with Crippen LogP contribution in [0.4, 0.5) is 0 Å². The Morgan fingerprint density at radius 3 is 2.28 bits per heavy atom. The lowest BCUT2D eigenvalue weighted by Crippen LogP contribution is -2.42. The van der Waals surface area contributed by atoms with E-state index < -0.39 is 0 Å². The standard InChI is InChI=1S/C15H33NO2/c1-5-6-7-8-9-13(4)18-15(11-17)14(16)10-12(2)3/h12-15,17H,5-11,16H2,1-4H3. The van der Waals surface area contributed by atoms with E-state index in [4.69, 9.17) is 10.5 Å². The molecule has 0 saturated carbocycles. The average Bonchev–Trinajstić information content (AvgIpc) is 2.30. The smallest absolute Gasteiger partial charge is 0.0959 e. The van der Waals surface area contributed by atoms with Gasteiger partial charge in [-0.3, -0.25) is 0 Å². The van der Waals surface area contributed by atoms with Crippen molar-refractivity contribution in [2.45, 2.75) is 84.5 Å². The first-order chi connectivity index (χ1) is 8.51. The van der Waals surface area contributed by atoms with E-state index in [-0.39, 0.29) is 24.9 Å². The number of hydrogen-bond acceptors (Lipinski definition) is 3. The lowest BCUT2D eigenvalue weighted by atomic mass is 10.00. The minimum Gasteiger partial charge on any atom is -0.394 e. The Morgan fingerprint density at radius 2 is 1.78 bits per heavy atom. The summed E-state index contributed by atoms with van der Waals surface area (Å²) in [7, 11) is 0. The van der Waals surface area contributed by atoms with Gasteiger partial charge in [-0.15, -0.1) is 0 Å². The van der Waals surface area contributed by atoms with Crippen LogP contribution >= 0.6 is 0 Å². The Morgan fingerprint density at radius 1 is 1.11 bits per heavy atom. The van der Waals surface area contributed by atoms with Crippen LogP contribution in [0.25, 0.3) is 0 Å². The van der Waals surface area contributed by atoms with Crippen LogP contribution in [-0.4, -0.2) is 30.0 Å².